The Morgan fingerprint density at radius 2 is 1.46 bits per heavy atom. The third kappa shape index (κ3) is 10.2. The van der Waals surface area contributed by atoms with E-state index in [2.05, 4.69) is 160 Å². The first-order valence-corrected chi connectivity index (χ1v) is 24.0. The highest BCUT2D eigenvalue weighted by Crippen LogP contribution is 2.57. The molecule has 0 saturated carbocycles. The highest BCUT2D eigenvalue weighted by Gasteiger charge is 2.46. The second-order valence-electron chi connectivity index (χ2n) is 18.3. The predicted molar refractivity (Wildman–Crippen MR) is 266 cm³/mol. The number of aryl methyl sites for hydroxylation is 1. The summed E-state index contributed by atoms with van der Waals surface area (Å²) in [7, 11) is 0. The van der Waals surface area contributed by atoms with Crippen molar-refractivity contribution in [2.24, 2.45) is 0 Å². The van der Waals surface area contributed by atoms with Gasteiger partial charge in [-0.05, 0) is 128 Å². The molecule has 0 fully saturated rings. The summed E-state index contributed by atoms with van der Waals surface area (Å²) in [5.41, 5.74) is 16.1. The van der Waals surface area contributed by atoms with Crippen molar-refractivity contribution in [2.75, 3.05) is 9.80 Å². The van der Waals surface area contributed by atoms with Gasteiger partial charge in [0.05, 0.1) is 12.1 Å². The van der Waals surface area contributed by atoms with Crippen molar-refractivity contribution in [1.82, 2.24) is 0 Å². The molecular formula is C59H72N2. The zero-order valence-electron chi connectivity index (χ0n) is 38.1. The van der Waals surface area contributed by atoms with Gasteiger partial charge in [0.15, 0.2) is 0 Å². The van der Waals surface area contributed by atoms with Crippen LogP contribution in [0.2, 0.25) is 0 Å². The first-order valence-electron chi connectivity index (χ1n) is 24.0. The third-order valence-electron chi connectivity index (χ3n) is 13.8. The molecule has 4 aliphatic rings. The predicted octanol–water partition coefficient (Wildman–Crippen LogP) is 16.6. The Bertz CT molecular complexity index is 2230. The fourth-order valence-corrected chi connectivity index (χ4v) is 10.7. The fourth-order valence-electron chi connectivity index (χ4n) is 10.7. The number of anilines is 3. The van der Waals surface area contributed by atoms with E-state index in [1.807, 2.05) is 12.2 Å². The van der Waals surface area contributed by atoms with Crippen molar-refractivity contribution in [2.45, 2.75) is 161 Å². The average molecular weight is 809 g/mol. The van der Waals surface area contributed by atoms with Crippen molar-refractivity contribution < 1.29 is 0 Å². The van der Waals surface area contributed by atoms with Crippen molar-refractivity contribution in [3.05, 3.63) is 161 Å². The van der Waals surface area contributed by atoms with Gasteiger partial charge in [0.2, 0.25) is 0 Å². The van der Waals surface area contributed by atoms with Gasteiger partial charge in [0.1, 0.15) is 0 Å². The van der Waals surface area contributed by atoms with Crippen LogP contribution in [-0.4, -0.2) is 12.1 Å². The van der Waals surface area contributed by atoms with E-state index in [1.54, 1.807) is 11.1 Å². The Hall–Kier alpha value is -5.00. The Kier molecular flexibility index (Phi) is 15.3. The summed E-state index contributed by atoms with van der Waals surface area (Å²) in [4.78, 5) is 5.26. The van der Waals surface area contributed by atoms with Crippen LogP contribution in [0, 0.1) is 18.8 Å². The van der Waals surface area contributed by atoms with Gasteiger partial charge in [-0.3, -0.25) is 0 Å². The first-order chi connectivity index (χ1) is 29.9. The number of hydrogen-bond acceptors (Lipinski definition) is 2. The number of nitrogens with zero attached hydrogens (tertiary/aromatic N) is 2. The molecule has 0 aromatic heterocycles. The number of hydrogen-bond donors (Lipinski definition) is 0. The molecule has 3 aromatic carbocycles. The summed E-state index contributed by atoms with van der Waals surface area (Å²) in [6.45, 7) is 17.4. The molecule has 2 nitrogen and oxygen atoms in total. The second-order valence-corrected chi connectivity index (χ2v) is 18.3. The zero-order chi connectivity index (χ0) is 42.6. The van der Waals surface area contributed by atoms with Gasteiger partial charge >= 0.3 is 0 Å². The minimum atomic E-state index is -0.0165. The summed E-state index contributed by atoms with van der Waals surface area (Å²) < 4.78 is 0. The first kappa shape index (κ1) is 44.1. The fraction of sp³-hybridized carbons (Fsp3) is 0.424. The van der Waals surface area contributed by atoms with Crippen LogP contribution in [0.3, 0.4) is 0 Å². The topological polar surface area (TPSA) is 6.48 Å². The molecule has 2 heteroatoms. The summed E-state index contributed by atoms with van der Waals surface area (Å²) >= 11 is 0. The molecule has 0 spiro atoms. The molecule has 3 aromatic rings. The lowest BCUT2D eigenvalue weighted by molar-refractivity contribution is 0.376. The summed E-state index contributed by atoms with van der Waals surface area (Å²) in [5, 5.41) is 0. The van der Waals surface area contributed by atoms with Crippen molar-refractivity contribution in [3.63, 3.8) is 0 Å². The second kappa shape index (κ2) is 21.2. The molecule has 4 aliphatic carbocycles. The van der Waals surface area contributed by atoms with Crippen LogP contribution < -0.4 is 9.80 Å². The molecule has 0 bridgehead atoms. The average Bonchev–Trinajstić information content (AvgIpc) is 3.54. The molecule has 2 unspecified atom stereocenters. The quantitative estimate of drug-likeness (QED) is 0.0737. The summed E-state index contributed by atoms with van der Waals surface area (Å²) in [6, 6.07) is 26.1. The number of benzene rings is 3. The molecular weight excluding hydrogens is 737 g/mol. The van der Waals surface area contributed by atoms with E-state index in [0.29, 0.717) is 0 Å². The van der Waals surface area contributed by atoms with E-state index in [4.69, 9.17) is 0 Å². The van der Waals surface area contributed by atoms with E-state index < -0.39 is 0 Å². The van der Waals surface area contributed by atoms with Crippen LogP contribution >= 0.6 is 0 Å². The summed E-state index contributed by atoms with van der Waals surface area (Å²) in [6.07, 6.45) is 38.2. The van der Waals surface area contributed by atoms with E-state index >= 15 is 0 Å². The lowest BCUT2D eigenvalue weighted by Crippen LogP contribution is -2.44. The van der Waals surface area contributed by atoms with Gasteiger partial charge < -0.3 is 9.80 Å². The smallest absolute Gasteiger partial charge is 0.0603 e. The van der Waals surface area contributed by atoms with Crippen LogP contribution in [0.1, 0.15) is 159 Å². The summed E-state index contributed by atoms with van der Waals surface area (Å²) in [5.74, 6) is 6.84. The lowest BCUT2D eigenvalue weighted by Gasteiger charge is -2.43. The molecule has 0 aliphatic heterocycles. The lowest BCUT2D eigenvalue weighted by atomic mass is 9.67. The Balaban J connectivity index is 1.35. The molecule has 0 heterocycles. The Morgan fingerprint density at radius 3 is 2.16 bits per heavy atom. The molecule has 61 heavy (non-hydrogen) atoms. The Morgan fingerprint density at radius 1 is 0.754 bits per heavy atom. The van der Waals surface area contributed by atoms with E-state index in [-0.39, 0.29) is 17.5 Å². The number of fused-ring (bicyclic) bond motifs is 2. The minimum Gasteiger partial charge on any atom is -0.357 e. The van der Waals surface area contributed by atoms with Crippen LogP contribution in [0.15, 0.2) is 139 Å². The van der Waals surface area contributed by atoms with E-state index in [9.17, 15) is 0 Å². The van der Waals surface area contributed by atoms with Gasteiger partial charge in [-0.25, -0.2) is 0 Å². The van der Waals surface area contributed by atoms with E-state index in [1.165, 1.54) is 135 Å². The number of unbranched alkanes of at least 4 members (excludes halogenated alkanes) is 10. The van der Waals surface area contributed by atoms with Crippen LogP contribution in [0.5, 0.6) is 0 Å². The Labute approximate surface area is 370 Å². The number of rotatable bonds is 22. The van der Waals surface area contributed by atoms with Crippen LogP contribution in [0.25, 0.3) is 11.6 Å². The largest absolute Gasteiger partial charge is 0.357 e. The van der Waals surface area contributed by atoms with Crippen molar-refractivity contribution in [3.8, 4) is 11.8 Å². The van der Waals surface area contributed by atoms with Gasteiger partial charge in [-0.15, -0.1) is 0 Å². The van der Waals surface area contributed by atoms with Crippen LogP contribution in [-0.2, 0) is 5.41 Å². The number of allylic oxidation sites excluding steroid dienone is 8. The maximum absolute atomic E-state index is 4.15. The normalized spacial score (nSPS) is 18.6. The van der Waals surface area contributed by atoms with Gasteiger partial charge in [0, 0.05) is 40.2 Å². The van der Waals surface area contributed by atoms with Crippen molar-refractivity contribution in [1.29, 1.82) is 0 Å². The monoisotopic (exact) mass is 809 g/mol. The standard InChI is InChI=1S/C59H72N2/c1-7-11-13-15-17-19-37-59(38-20-18-16-14-12-8-2)57-43-53(60(49-29-21-25-45(5)39-49)51-31-23-27-47(9-3)41-51)33-35-55(57)56-36-34-54(44-58(56)59)61(50-30-22-26-46(6)40-50)52-32-24-28-48(10-4)42-52/h9-10,21,24-26,28-29,32-36,39-42,44,51,53H,3-4,7-8,11-20,22,30-31,37-38,43H2,1-2,5-6H3. The third-order valence-corrected chi connectivity index (χ3v) is 13.8. The van der Waals surface area contributed by atoms with Crippen LogP contribution in [0.4, 0.5) is 17.1 Å². The van der Waals surface area contributed by atoms with Gasteiger partial charge in [0.25, 0.3) is 0 Å². The molecule has 7 rings (SSSR count). The SMILES string of the molecule is C=CC1=CC(N(c2cccc(C)c2)C2C=CC3=C(C2)C(CCCCCCCC)(CCCCCCCC)c2cc(N(C4=CC(C)=CCC4)c4cccc(C=C)c4)ccc23)CC#C1. The minimum absolute atomic E-state index is 0.0165. The van der Waals surface area contributed by atoms with Gasteiger partial charge in [-0.2, -0.15) is 0 Å². The molecule has 0 saturated heterocycles. The maximum atomic E-state index is 4.15. The molecule has 0 amide bonds. The maximum Gasteiger partial charge on any atom is 0.0603 e. The molecule has 2 atom stereocenters. The molecule has 0 N–H and O–H groups in total. The zero-order valence-corrected chi connectivity index (χ0v) is 38.1. The van der Waals surface area contributed by atoms with Crippen molar-refractivity contribution >= 4 is 28.7 Å². The van der Waals surface area contributed by atoms with Gasteiger partial charge in [-0.1, -0.05) is 182 Å². The highest BCUT2D eigenvalue weighted by molar-refractivity contribution is 5.89. The molecule has 318 valence electrons. The highest BCUT2D eigenvalue weighted by atomic mass is 15.2. The molecule has 0 radical (unpaired) electrons. The van der Waals surface area contributed by atoms with E-state index in [0.717, 1.165) is 36.8 Å².